The summed E-state index contributed by atoms with van der Waals surface area (Å²) >= 11 is 0. The molecule has 1 unspecified atom stereocenters. The van der Waals surface area contributed by atoms with Crippen LogP contribution >= 0.6 is 0 Å². The van der Waals surface area contributed by atoms with Crippen molar-refractivity contribution in [3.63, 3.8) is 0 Å². The second kappa shape index (κ2) is 12.2. The predicted octanol–water partition coefficient (Wildman–Crippen LogP) is 8.80. The summed E-state index contributed by atoms with van der Waals surface area (Å²) in [4.78, 5) is 11.6. The maximum Gasteiger partial charge on any atom is 0.309 e. The zero-order chi connectivity index (χ0) is 28.1. The molecule has 3 aromatic carbocycles. The smallest absolute Gasteiger partial charge is 0.309 e. The Morgan fingerprint density at radius 3 is 2.05 bits per heavy atom. The molecule has 3 heteroatoms. The molecule has 0 aliphatic carbocycles. The molecule has 3 rings (SSSR count). The molecule has 0 saturated carbocycles. The largest absolute Gasteiger partial charge is 0.507 e. The topological polar surface area (TPSA) is 46.5 Å². The van der Waals surface area contributed by atoms with E-state index >= 15 is 0 Å². The van der Waals surface area contributed by atoms with Gasteiger partial charge in [-0.2, -0.15) is 0 Å². The van der Waals surface area contributed by atoms with Gasteiger partial charge in [0.25, 0.3) is 0 Å². The average molecular weight is 515 g/mol. The van der Waals surface area contributed by atoms with Gasteiger partial charge in [-0.3, -0.25) is 4.79 Å². The van der Waals surface area contributed by atoms with E-state index in [1.54, 1.807) is 0 Å². The van der Waals surface area contributed by atoms with Crippen molar-refractivity contribution in [3.05, 3.63) is 88.5 Å². The number of phenolic OH excluding ortho intramolecular Hbond substituents is 1. The minimum Gasteiger partial charge on any atom is -0.507 e. The van der Waals surface area contributed by atoms with E-state index in [1.165, 1.54) is 30.2 Å². The minimum absolute atomic E-state index is 0.164. The van der Waals surface area contributed by atoms with E-state index in [2.05, 4.69) is 72.7 Å². The normalized spacial score (nSPS) is 12.8. The number of hydrogen-bond acceptors (Lipinski definition) is 3. The van der Waals surface area contributed by atoms with Crippen molar-refractivity contribution < 1.29 is 14.6 Å². The maximum atomic E-state index is 11.6. The van der Waals surface area contributed by atoms with E-state index in [0.29, 0.717) is 11.3 Å². The summed E-state index contributed by atoms with van der Waals surface area (Å²) in [5.41, 5.74) is 7.99. The zero-order valence-corrected chi connectivity index (χ0v) is 24.7. The summed E-state index contributed by atoms with van der Waals surface area (Å²) in [6, 6.07) is 20.8. The first-order valence-corrected chi connectivity index (χ1v) is 14.0. The summed E-state index contributed by atoms with van der Waals surface area (Å²) in [6.45, 7) is 16.0. The zero-order valence-electron chi connectivity index (χ0n) is 24.7. The first-order chi connectivity index (χ1) is 17.9. The SMILES string of the molecule is CCC(CC)(c1ccc(CCC(C)C(C)(C)C)c(C)c1)c1ccc(-c2ccc(CC(=O)OC)cc2)c(O)c1. The van der Waals surface area contributed by atoms with Crippen LogP contribution in [0.1, 0.15) is 88.6 Å². The number of methoxy groups -OCH3 is 1. The highest BCUT2D eigenvalue weighted by molar-refractivity contribution is 5.74. The van der Waals surface area contributed by atoms with Crippen molar-refractivity contribution in [1.82, 2.24) is 0 Å². The summed E-state index contributed by atoms with van der Waals surface area (Å²) < 4.78 is 4.76. The molecule has 0 aromatic heterocycles. The van der Waals surface area contributed by atoms with Crippen LogP contribution in [0.5, 0.6) is 5.75 Å². The molecule has 0 aliphatic heterocycles. The predicted molar refractivity (Wildman–Crippen MR) is 159 cm³/mol. The monoisotopic (exact) mass is 514 g/mol. The molecule has 3 nitrogen and oxygen atoms in total. The van der Waals surface area contributed by atoms with Crippen molar-refractivity contribution in [2.75, 3.05) is 7.11 Å². The molecule has 0 aliphatic rings. The number of hydrogen-bond donors (Lipinski definition) is 1. The molecule has 0 saturated heterocycles. The van der Waals surface area contributed by atoms with Gasteiger partial charge in [-0.15, -0.1) is 0 Å². The molecule has 0 spiro atoms. The standard InChI is InChI=1S/C35H46O3/c1-9-35(10-2,29-18-17-27(24(3)21-29)14-11-25(4)34(5,6)7)30-19-20-31(32(36)23-30)28-15-12-26(13-16-28)22-33(37)38-8/h12-13,15-21,23,25,36H,9-11,14,22H2,1-8H3. The fourth-order valence-electron chi connectivity index (χ4n) is 5.43. The van der Waals surface area contributed by atoms with E-state index in [9.17, 15) is 9.90 Å². The van der Waals surface area contributed by atoms with Gasteiger partial charge in [0.05, 0.1) is 13.5 Å². The molecule has 3 aromatic rings. The number of aromatic hydroxyl groups is 1. The van der Waals surface area contributed by atoms with Crippen LogP contribution in [0.15, 0.2) is 60.7 Å². The second-order valence-corrected chi connectivity index (χ2v) is 11.9. The Kier molecular flexibility index (Phi) is 9.46. The number of phenols is 1. The molecule has 38 heavy (non-hydrogen) atoms. The third-order valence-electron chi connectivity index (χ3n) is 8.82. The van der Waals surface area contributed by atoms with Crippen LogP contribution in [-0.4, -0.2) is 18.2 Å². The van der Waals surface area contributed by atoms with Gasteiger partial charge < -0.3 is 9.84 Å². The molecule has 0 amide bonds. The molecule has 204 valence electrons. The van der Waals surface area contributed by atoms with E-state index < -0.39 is 0 Å². The maximum absolute atomic E-state index is 11.6. The third-order valence-corrected chi connectivity index (χ3v) is 8.82. The molecular weight excluding hydrogens is 468 g/mol. The lowest BCUT2D eigenvalue weighted by molar-refractivity contribution is -0.139. The summed E-state index contributed by atoms with van der Waals surface area (Å²) in [7, 11) is 1.40. The molecule has 1 atom stereocenters. The lowest BCUT2D eigenvalue weighted by Crippen LogP contribution is -2.26. The Hall–Kier alpha value is -3.07. The number of carbonyl (C=O) groups is 1. The average Bonchev–Trinajstić information content (AvgIpc) is 2.89. The Morgan fingerprint density at radius 1 is 0.921 bits per heavy atom. The Balaban J connectivity index is 1.89. The van der Waals surface area contributed by atoms with Gasteiger partial charge in [0.2, 0.25) is 0 Å². The van der Waals surface area contributed by atoms with Crippen LogP contribution in [0.25, 0.3) is 11.1 Å². The highest BCUT2D eigenvalue weighted by Crippen LogP contribution is 2.43. The summed E-state index contributed by atoms with van der Waals surface area (Å²) in [6.07, 6.45) is 4.43. The lowest BCUT2D eigenvalue weighted by atomic mass is 9.69. The van der Waals surface area contributed by atoms with Gasteiger partial charge in [0, 0.05) is 11.0 Å². The highest BCUT2D eigenvalue weighted by Gasteiger charge is 2.32. The molecule has 0 bridgehead atoms. The molecule has 0 heterocycles. The van der Waals surface area contributed by atoms with Crippen LogP contribution in [0.3, 0.4) is 0 Å². The Bertz CT molecular complexity index is 1230. The quantitative estimate of drug-likeness (QED) is 0.275. The van der Waals surface area contributed by atoms with Gasteiger partial charge in [-0.1, -0.05) is 96.1 Å². The Morgan fingerprint density at radius 2 is 1.53 bits per heavy atom. The number of rotatable bonds is 10. The van der Waals surface area contributed by atoms with Crippen LogP contribution < -0.4 is 0 Å². The fraction of sp³-hybridized carbons (Fsp3) is 0.457. The second-order valence-electron chi connectivity index (χ2n) is 11.9. The van der Waals surface area contributed by atoms with Crippen molar-refractivity contribution in [2.24, 2.45) is 11.3 Å². The van der Waals surface area contributed by atoms with Crippen LogP contribution in [-0.2, 0) is 27.8 Å². The first-order valence-electron chi connectivity index (χ1n) is 14.0. The molecular formula is C35H46O3. The van der Waals surface area contributed by atoms with E-state index in [-0.39, 0.29) is 23.6 Å². The molecule has 1 N–H and O–H groups in total. The number of aryl methyl sites for hydroxylation is 2. The first kappa shape index (κ1) is 29.5. The van der Waals surface area contributed by atoms with Crippen molar-refractivity contribution in [2.45, 2.75) is 86.0 Å². The van der Waals surface area contributed by atoms with Crippen molar-refractivity contribution >= 4 is 5.97 Å². The molecule has 0 fully saturated rings. The van der Waals surface area contributed by atoms with Gasteiger partial charge in [-0.25, -0.2) is 0 Å². The van der Waals surface area contributed by atoms with Crippen molar-refractivity contribution in [1.29, 1.82) is 0 Å². The molecule has 0 radical (unpaired) electrons. The van der Waals surface area contributed by atoms with E-state index in [0.717, 1.165) is 41.5 Å². The van der Waals surface area contributed by atoms with E-state index in [4.69, 9.17) is 4.74 Å². The summed E-state index contributed by atoms with van der Waals surface area (Å²) in [5, 5.41) is 11.1. The van der Waals surface area contributed by atoms with Crippen molar-refractivity contribution in [3.8, 4) is 16.9 Å². The van der Waals surface area contributed by atoms with Crippen LogP contribution in [0.4, 0.5) is 0 Å². The van der Waals surface area contributed by atoms with Gasteiger partial charge in [0.15, 0.2) is 0 Å². The number of carbonyl (C=O) groups excluding carboxylic acids is 1. The van der Waals surface area contributed by atoms with Crippen LogP contribution in [0, 0.1) is 18.3 Å². The highest BCUT2D eigenvalue weighted by atomic mass is 16.5. The number of esters is 1. The summed E-state index contributed by atoms with van der Waals surface area (Å²) in [5.74, 6) is 0.680. The van der Waals surface area contributed by atoms with Crippen LogP contribution in [0.2, 0.25) is 0 Å². The lowest BCUT2D eigenvalue weighted by Gasteiger charge is -2.34. The van der Waals surface area contributed by atoms with Gasteiger partial charge in [0.1, 0.15) is 5.75 Å². The number of benzene rings is 3. The third kappa shape index (κ3) is 6.49. The number of ether oxygens (including phenoxy) is 1. The Labute approximate surface area is 230 Å². The fourth-order valence-corrected chi connectivity index (χ4v) is 5.43. The van der Waals surface area contributed by atoms with Gasteiger partial charge >= 0.3 is 5.97 Å². The van der Waals surface area contributed by atoms with E-state index in [1.807, 2.05) is 36.4 Å². The minimum atomic E-state index is -0.261. The van der Waals surface area contributed by atoms with Gasteiger partial charge in [-0.05, 0) is 83.4 Å².